The zero-order valence-electron chi connectivity index (χ0n) is 73.2. The quantitative estimate of drug-likeness (QED) is 0.0662. The summed E-state index contributed by atoms with van der Waals surface area (Å²) in [6.45, 7) is 19.2. The van der Waals surface area contributed by atoms with E-state index in [0.717, 1.165) is 159 Å². The highest BCUT2D eigenvalue weighted by Crippen LogP contribution is 2.34. The Kier molecular flexibility index (Phi) is 26.2. The van der Waals surface area contributed by atoms with E-state index >= 15 is 0 Å². The molecule has 12 heterocycles. The maximum absolute atomic E-state index is 12.7. The predicted octanol–water partition coefficient (Wildman–Crippen LogP) is 18.8. The summed E-state index contributed by atoms with van der Waals surface area (Å²) >= 11 is 0. The molecule has 0 spiro atoms. The standard InChI is InChI=1S/2C17H19N5.2C16H17N5.C16H16N4.C14H12F3N5.2CH4/c2*1-11-9-16(22-17(18-11)19-12(2)21-22)20-15-8-7-13-5-3-4-6-14(13)10-15;1-10-7-15(21-16(17-10)18-11(2)20-21)19-14-8-12-5-3-4-6-13(12)9-14;1-11-8-15(21-16(19-11)17-10-18-21)20-14-7-6-12-4-2-3-5-13(12)9-14;1-11-9-15(20-8-7-17-16(20)18-11)19-14-6-5-12-3-2-4-13(12)10-14;1-8-3-5-10(6-4-8)19-11-7-9(2)18-13-20-12(14(15,16)17)21-22(11)13;;/h7-10,20H,3-6H2,1-2H3;3-6,9,15,20H,7-8,10H2,1-2H3;3-7,14,19H,8-9H2,1-2H3;2-5,8,10,14,20H,6-7,9H2,1H3;5-10,19H,2-4H2,1H3;3-7,19H,1-2H3;2*1H4. The lowest BCUT2D eigenvalue weighted by molar-refractivity contribution is -0.144. The van der Waals surface area contributed by atoms with E-state index in [0.29, 0.717) is 52.7 Å². The number of nitrogens with one attached hydrogen (secondary N) is 6. The van der Waals surface area contributed by atoms with Crippen molar-refractivity contribution >= 4 is 86.6 Å². The Morgan fingerprint density at radius 3 is 1.18 bits per heavy atom. The zero-order valence-corrected chi connectivity index (χ0v) is 73.2. The third kappa shape index (κ3) is 20.6. The molecule has 666 valence electrons. The molecule has 0 bridgehead atoms. The minimum Gasteiger partial charge on any atom is -0.367 e. The molecule has 0 fully saturated rings. The fourth-order valence-electron chi connectivity index (χ4n) is 17.4. The van der Waals surface area contributed by atoms with Crippen LogP contribution in [-0.2, 0) is 70.4 Å². The Balaban J connectivity index is 0.000000114. The number of hydrogen-bond acceptors (Lipinski definition) is 23. The molecule has 6 aromatic carbocycles. The van der Waals surface area contributed by atoms with Crippen molar-refractivity contribution in [2.24, 2.45) is 0 Å². The van der Waals surface area contributed by atoms with Gasteiger partial charge in [0.2, 0.25) is 5.78 Å². The molecule has 0 saturated heterocycles. The maximum atomic E-state index is 12.7. The van der Waals surface area contributed by atoms with Crippen molar-refractivity contribution in [1.29, 1.82) is 0 Å². The molecule has 32 heteroatoms. The van der Waals surface area contributed by atoms with Crippen LogP contribution in [0.15, 0.2) is 189 Å². The first-order valence-corrected chi connectivity index (χ1v) is 43.5. The van der Waals surface area contributed by atoms with Gasteiger partial charge in [-0.1, -0.05) is 117 Å². The van der Waals surface area contributed by atoms with Crippen LogP contribution >= 0.6 is 0 Å². The lowest BCUT2D eigenvalue weighted by Gasteiger charge is -2.26. The first kappa shape index (κ1) is 88.7. The van der Waals surface area contributed by atoms with E-state index in [1.807, 2.05) is 132 Å². The second-order valence-corrected chi connectivity index (χ2v) is 33.5. The van der Waals surface area contributed by atoms with Gasteiger partial charge in [0.1, 0.15) is 58.7 Å². The summed E-state index contributed by atoms with van der Waals surface area (Å²) in [5.74, 6) is 9.44. The molecule has 0 radical (unpaired) electrons. The fourth-order valence-corrected chi connectivity index (χ4v) is 17.4. The number of halogens is 3. The predicted molar refractivity (Wildman–Crippen MR) is 504 cm³/mol. The number of fused-ring (bicyclic) bond motifs is 11. The number of benzene rings is 6. The molecule has 23 rings (SSSR count). The molecule has 18 aromatic rings. The Morgan fingerprint density at radius 2 is 0.677 bits per heavy atom. The van der Waals surface area contributed by atoms with Gasteiger partial charge in [0, 0.05) is 118 Å². The topological polar surface area (TPSA) is 318 Å². The first-order valence-electron chi connectivity index (χ1n) is 43.5. The van der Waals surface area contributed by atoms with E-state index in [4.69, 9.17) is 0 Å². The number of imidazole rings is 1. The monoisotopic (exact) mass is 1750 g/mol. The molecule has 12 aromatic heterocycles. The van der Waals surface area contributed by atoms with Crippen LogP contribution < -0.4 is 31.9 Å². The summed E-state index contributed by atoms with van der Waals surface area (Å²) in [4.78, 5) is 51.0. The third-order valence-corrected chi connectivity index (χ3v) is 23.3. The number of aromatic nitrogens is 23. The van der Waals surface area contributed by atoms with Crippen LogP contribution in [0.2, 0.25) is 0 Å². The molecular weight excluding hydrogens is 1640 g/mol. The average Bonchev–Trinajstić information content (AvgIpc) is 1.61. The number of anilines is 9. The average molecular weight is 1750 g/mol. The Hall–Kier alpha value is -14.7. The third-order valence-electron chi connectivity index (χ3n) is 23.3. The van der Waals surface area contributed by atoms with Gasteiger partial charge in [0.15, 0.2) is 0 Å². The van der Waals surface area contributed by atoms with Crippen molar-refractivity contribution in [3.8, 4) is 0 Å². The lowest BCUT2D eigenvalue weighted by atomic mass is 9.88. The molecule has 0 amide bonds. The van der Waals surface area contributed by atoms with Gasteiger partial charge in [-0.15, -0.1) is 20.4 Å². The van der Waals surface area contributed by atoms with Crippen LogP contribution in [0.4, 0.5) is 65.1 Å². The SMILES string of the molecule is C.C.Cc1cc(NC2CCc3ccccc3C2)n2nc(C)nc2n1.Cc1cc(NC2CCc3ccccc3C2)n2ncnc2n1.Cc1cc(NC2Cc3ccccc3C2)n2nc(C)nc2n1.Cc1cc(Nc2ccc3c(c2)CCC3)n2ccnc2n1.Cc1cc(Nc2ccc3c(c2)CCCC3)n2nc(C)nc2n1.Cc1ccc(Nc2cc(C)nc3nc(C(F)(F)F)nn23)cc1. The second kappa shape index (κ2) is 38.5. The molecule has 0 saturated carbocycles. The Labute approximate surface area is 751 Å². The highest BCUT2D eigenvalue weighted by Gasteiger charge is 2.37. The molecular formula is C98H108F3N29. The summed E-state index contributed by atoms with van der Waals surface area (Å²) in [5, 5.41) is 41.9. The molecule has 29 nitrogen and oxygen atoms in total. The van der Waals surface area contributed by atoms with Crippen LogP contribution in [-0.4, -0.2) is 130 Å². The summed E-state index contributed by atoms with van der Waals surface area (Å²) < 4.78 is 48.4. The van der Waals surface area contributed by atoms with Gasteiger partial charge in [-0.25, -0.2) is 34.9 Å². The largest absolute Gasteiger partial charge is 0.453 e. The molecule has 130 heavy (non-hydrogen) atoms. The summed E-state index contributed by atoms with van der Waals surface area (Å²) in [5.41, 5.74) is 24.0. The normalized spacial score (nSPS) is 14.7. The van der Waals surface area contributed by atoms with E-state index in [1.165, 1.54) is 101 Å². The van der Waals surface area contributed by atoms with Gasteiger partial charge in [0.25, 0.3) is 34.7 Å². The second-order valence-electron chi connectivity index (χ2n) is 33.5. The van der Waals surface area contributed by atoms with Crippen LogP contribution in [0.1, 0.15) is 166 Å². The summed E-state index contributed by atoms with van der Waals surface area (Å²) in [6, 6.07) is 59.8. The van der Waals surface area contributed by atoms with E-state index in [2.05, 4.69) is 226 Å². The molecule has 0 aliphatic heterocycles. The molecule has 2 unspecified atom stereocenters. The molecule has 5 aliphatic carbocycles. The minimum atomic E-state index is -4.61. The smallest absolute Gasteiger partial charge is 0.367 e. The number of alkyl halides is 3. The number of aryl methyl sites for hydroxylation is 16. The number of nitrogens with zero attached hydrogens (tertiary/aromatic N) is 23. The first-order chi connectivity index (χ1) is 62.0. The highest BCUT2D eigenvalue weighted by molar-refractivity contribution is 5.64. The summed E-state index contributed by atoms with van der Waals surface area (Å²) in [7, 11) is 0. The highest BCUT2D eigenvalue weighted by atomic mass is 19.4. The van der Waals surface area contributed by atoms with Crippen molar-refractivity contribution in [1.82, 2.24) is 112 Å². The van der Waals surface area contributed by atoms with Gasteiger partial charge in [0.05, 0.1) is 0 Å². The van der Waals surface area contributed by atoms with Crippen molar-refractivity contribution < 1.29 is 13.2 Å². The number of rotatable bonds is 12. The van der Waals surface area contributed by atoms with Crippen LogP contribution in [0.25, 0.3) is 34.7 Å². The Bertz CT molecular complexity index is 7050. The number of hydrogen-bond donors (Lipinski definition) is 6. The van der Waals surface area contributed by atoms with E-state index in [9.17, 15) is 13.2 Å². The van der Waals surface area contributed by atoms with E-state index in [-0.39, 0.29) is 20.6 Å². The zero-order chi connectivity index (χ0) is 88.3. The van der Waals surface area contributed by atoms with Crippen LogP contribution in [0, 0.1) is 69.2 Å². The van der Waals surface area contributed by atoms with Gasteiger partial charge < -0.3 is 31.9 Å². The van der Waals surface area contributed by atoms with Crippen molar-refractivity contribution in [3.05, 3.63) is 307 Å². The van der Waals surface area contributed by atoms with E-state index < -0.39 is 12.0 Å². The molecule has 6 N–H and O–H groups in total. The van der Waals surface area contributed by atoms with Crippen LogP contribution in [0.3, 0.4) is 0 Å². The Morgan fingerprint density at radius 1 is 0.315 bits per heavy atom. The fraction of sp³-hybridized carbons (Fsp3) is 0.316. The van der Waals surface area contributed by atoms with E-state index in [1.54, 1.807) is 39.1 Å². The van der Waals surface area contributed by atoms with Gasteiger partial charge in [-0.2, -0.15) is 65.8 Å². The molecule has 2 atom stereocenters. The van der Waals surface area contributed by atoms with Crippen molar-refractivity contribution in [2.75, 3.05) is 31.9 Å². The van der Waals surface area contributed by atoms with Crippen molar-refractivity contribution in [2.45, 2.75) is 205 Å². The molecule has 5 aliphatic rings. The van der Waals surface area contributed by atoms with Crippen LogP contribution in [0.5, 0.6) is 0 Å². The van der Waals surface area contributed by atoms with Gasteiger partial charge in [-0.3, -0.25) is 4.40 Å². The maximum Gasteiger partial charge on any atom is 0.453 e. The summed E-state index contributed by atoms with van der Waals surface area (Å²) in [6.07, 6.45) is 18.0. The van der Waals surface area contributed by atoms with Gasteiger partial charge >= 0.3 is 6.18 Å². The van der Waals surface area contributed by atoms with Gasteiger partial charge in [-0.05, 0) is 258 Å². The van der Waals surface area contributed by atoms with Crippen molar-refractivity contribution in [3.63, 3.8) is 0 Å². The minimum absolute atomic E-state index is 0. The lowest BCUT2D eigenvalue weighted by Crippen LogP contribution is -2.28.